The van der Waals surface area contributed by atoms with Gasteiger partial charge in [0.05, 0.1) is 33.0 Å². The van der Waals surface area contributed by atoms with Gasteiger partial charge >= 0.3 is 0 Å². The van der Waals surface area contributed by atoms with E-state index in [0.29, 0.717) is 26.2 Å². The van der Waals surface area contributed by atoms with E-state index in [2.05, 4.69) is 52.6 Å². The smallest absolute Gasteiger partial charge is 0.192 e. The molecule has 2 aromatic carbocycles. The Labute approximate surface area is 195 Å². The van der Waals surface area contributed by atoms with E-state index in [1.807, 2.05) is 48.5 Å². The highest BCUT2D eigenvalue weighted by atomic mass is 28.4. The number of methoxy groups -OCH3 is 1. The first-order valence-corrected chi connectivity index (χ1v) is 14.2. The maximum absolute atomic E-state index is 6.54. The molecule has 0 fully saturated rings. The summed E-state index contributed by atoms with van der Waals surface area (Å²) in [6.45, 7) is 16.7. The first-order valence-electron chi connectivity index (χ1n) is 11.3. The van der Waals surface area contributed by atoms with Gasteiger partial charge in [-0.25, -0.2) is 0 Å². The molecular weight excluding hydrogens is 416 g/mol. The summed E-state index contributed by atoms with van der Waals surface area (Å²) in [4.78, 5) is 0. The van der Waals surface area contributed by atoms with Crippen LogP contribution in [0.3, 0.4) is 0 Å². The molecule has 0 spiro atoms. The summed E-state index contributed by atoms with van der Waals surface area (Å²) >= 11 is 0. The Morgan fingerprint density at radius 2 is 1.44 bits per heavy atom. The third-order valence-corrected chi connectivity index (χ3v) is 10.7. The lowest BCUT2D eigenvalue weighted by atomic mass is 10.1. The van der Waals surface area contributed by atoms with Gasteiger partial charge in [-0.15, -0.1) is 6.58 Å². The molecule has 0 unspecified atom stereocenters. The van der Waals surface area contributed by atoms with Gasteiger partial charge in [0.2, 0.25) is 0 Å². The fourth-order valence-electron chi connectivity index (χ4n) is 2.96. The Morgan fingerprint density at radius 3 is 1.97 bits per heavy atom. The van der Waals surface area contributed by atoms with Gasteiger partial charge in [0.25, 0.3) is 0 Å². The van der Waals surface area contributed by atoms with Crippen molar-refractivity contribution in [1.29, 1.82) is 0 Å². The predicted octanol–water partition coefficient (Wildman–Crippen LogP) is 6.76. The van der Waals surface area contributed by atoms with Gasteiger partial charge in [-0.05, 0) is 47.8 Å². The van der Waals surface area contributed by atoms with Crippen LogP contribution < -0.4 is 4.74 Å². The molecule has 2 atom stereocenters. The van der Waals surface area contributed by atoms with Gasteiger partial charge in [0, 0.05) is 0 Å². The van der Waals surface area contributed by atoms with Crippen LogP contribution in [0.15, 0.2) is 67.3 Å². The standard InChI is InChI=1S/C27H40O4Si/c1-8-12-25(29-20-23-15-17-24(28-5)18-16-23)26(21-31-32(6,7)27(2,3)4)30-19-22-13-10-9-11-14-22/h8-11,13-18,25-26H,1,12,19-21H2,2-7H3/t25-,26-/m1/s1. The fourth-order valence-corrected chi connectivity index (χ4v) is 3.98. The lowest BCUT2D eigenvalue weighted by Crippen LogP contribution is -2.45. The minimum Gasteiger partial charge on any atom is -0.497 e. The Balaban J connectivity index is 2.12. The molecule has 4 nitrogen and oxygen atoms in total. The molecule has 0 saturated carbocycles. The van der Waals surface area contributed by atoms with Crippen molar-refractivity contribution in [2.24, 2.45) is 0 Å². The van der Waals surface area contributed by atoms with E-state index < -0.39 is 8.32 Å². The Morgan fingerprint density at radius 1 is 0.875 bits per heavy atom. The zero-order chi connectivity index (χ0) is 23.6. The normalized spacial score (nSPS) is 14.1. The van der Waals surface area contributed by atoms with Gasteiger partial charge in [0.1, 0.15) is 11.9 Å². The molecule has 5 heteroatoms. The van der Waals surface area contributed by atoms with E-state index in [1.165, 1.54) is 0 Å². The second kappa shape index (κ2) is 12.4. The Hall–Kier alpha value is -1.92. The van der Waals surface area contributed by atoms with Crippen LogP contribution in [-0.2, 0) is 27.1 Å². The van der Waals surface area contributed by atoms with Gasteiger partial charge in [0.15, 0.2) is 8.32 Å². The molecule has 0 aliphatic rings. The number of ether oxygens (including phenoxy) is 3. The van der Waals surface area contributed by atoms with E-state index >= 15 is 0 Å². The lowest BCUT2D eigenvalue weighted by Gasteiger charge is -2.38. The molecule has 0 aromatic heterocycles. The minimum absolute atomic E-state index is 0.134. The second-order valence-corrected chi connectivity index (χ2v) is 14.4. The van der Waals surface area contributed by atoms with Crippen molar-refractivity contribution < 1.29 is 18.6 Å². The predicted molar refractivity (Wildman–Crippen MR) is 135 cm³/mol. The number of hydrogen-bond acceptors (Lipinski definition) is 4. The third-order valence-electron chi connectivity index (χ3n) is 6.16. The quantitative estimate of drug-likeness (QED) is 0.246. The summed E-state index contributed by atoms with van der Waals surface area (Å²) in [6, 6.07) is 18.2. The van der Waals surface area contributed by atoms with Gasteiger partial charge in [-0.1, -0.05) is 69.3 Å². The van der Waals surface area contributed by atoms with E-state index in [1.54, 1.807) is 7.11 Å². The summed E-state index contributed by atoms with van der Waals surface area (Å²) in [6.07, 6.45) is 2.24. The largest absolute Gasteiger partial charge is 0.497 e. The van der Waals surface area contributed by atoms with Gasteiger partial charge < -0.3 is 18.6 Å². The first kappa shape index (κ1) is 26.3. The molecule has 176 valence electrons. The molecule has 0 heterocycles. The molecular formula is C27H40O4Si. The van der Waals surface area contributed by atoms with Crippen molar-refractivity contribution in [3.05, 3.63) is 78.4 Å². The van der Waals surface area contributed by atoms with Crippen molar-refractivity contribution in [3.63, 3.8) is 0 Å². The fraction of sp³-hybridized carbons (Fsp3) is 0.481. The third kappa shape index (κ3) is 8.21. The highest BCUT2D eigenvalue weighted by molar-refractivity contribution is 6.74. The minimum atomic E-state index is -1.92. The highest BCUT2D eigenvalue weighted by Gasteiger charge is 2.38. The highest BCUT2D eigenvalue weighted by Crippen LogP contribution is 2.37. The molecule has 0 saturated heterocycles. The van der Waals surface area contributed by atoms with Crippen LogP contribution in [0.1, 0.15) is 38.3 Å². The zero-order valence-corrected chi connectivity index (χ0v) is 21.6. The average Bonchev–Trinajstić information content (AvgIpc) is 2.77. The summed E-state index contributed by atoms with van der Waals surface area (Å²) in [5.41, 5.74) is 2.23. The summed E-state index contributed by atoms with van der Waals surface area (Å²) in [5.74, 6) is 0.836. The van der Waals surface area contributed by atoms with E-state index in [-0.39, 0.29) is 17.2 Å². The first-order chi connectivity index (χ1) is 15.2. The van der Waals surface area contributed by atoms with Crippen molar-refractivity contribution in [2.75, 3.05) is 13.7 Å². The number of benzene rings is 2. The molecule has 0 bridgehead atoms. The molecule has 0 amide bonds. The average molecular weight is 457 g/mol. The molecule has 2 aromatic rings. The summed E-state index contributed by atoms with van der Waals surface area (Å²) < 4.78 is 24.5. The number of hydrogen-bond donors (Lipinski definition) is 0. The molecule has 0 aliphatic carbocycles. The van der Waals surface area contributed by atoms with E-state index in [9.17, 15) is 0 Å². The molecule has 0 radical (unpaired) electrons. The summed E-state index contributed by atoms with van der Waals surface area (Å²) in [5, 5.41) is 0.134. The van der Waals surface area contributed by atoms with Crippen LogP contribution >= 0.6 is 0 Å². The van der Waals surface area contributed by atoms with Crippen LogP contribution in [0.4, 0.5) is 0 Å². The van der Waals surface area contributed by atoms with Crippen molar-refractivity contribution >= 4 is 8.32 Å². The maximum atomic E-state index is 6.54. The second-order valence-electron chi connectivity index (χ2n) is 9.63. The number of rotatable bonds is 13. The van der Waals surface area contributed by atoms with Crippen LogP contribution in [0.2, 0.25) is 18.1 Å². The monoisotopic (exact) mass is 456 g/mol. The lowest BCUT2D eigenvalue weighted by molar-refractivity contribution is -0.100. The topological polar surface area (TPSA) is 36.9 Å². The van der Waals surface area contributed by atoms with Crippen LogP contribution in [-0.4, -0.2) is 34.2 Å². The summed E-state index contributed by atoms with van der Waals surface area (Å²) in [7, 11) is -0.248. The van der Waals surface area contributed by atoms with Crippen LogP contribution in [0.25, 0.3) is 0 Å². The molecule has 32 heavy (non-hydrogen) atoms. The van der Waals surface area contributed by atoms with Crippen LogP contribution in [0, 0.1) is 0 Å². The Bertz CT molecular complexity index is 797. The molecule has 2 rings (SSSR count). The van der Waals surface area contributed by atoms with E-state index in [0.717, 1.165) is 16.9 Å². The van der Waals surface area contributed by atoms with Gasteiger partial charge in [-0.2, -0.15) is 0 Å². The zero-order valence-electron chi connectivity index (χ0n) is 20.6. The Kier molecular flexibility index (Phi) is 10.2. The van der Waals surface area contributed by atoms with Gasteiger partial charge in [-0.3, -0.25) is 0 Å². The van der Waals surface area contributed by atoms with E-state index in [4.69, 9.17) is 18.6 Å². The van der Waals surface area contributed by atoms with Crippen molar-refractivity contribution in [1.82, 2.24) is 0 Å². The van der Waals surface area contributed by atoms with Crippen LogP contribution in [0.5, 0.6) is 5.75 Å². The molecule has 0 N–H and O–H groups in total. The SMILES string of the molecule is C=CC[C@@H](OCc1ccc(OC)cc1)[C@@H](CO[Si](C)(C)C(C)(C)C)OCc1ccccc1. The van der Waals surface area contributed by atoms with Crippen molar-refractivity contribution in [3.8, 4) is 5.75 Å². The van der Waals surface area contributed by atoms with Crippen molar-refractivity contribution in [2.45, 2.75) is 70.7 Å². The molecule has 0 aliphatic heterocycles. The maximum Gasteiger partial charge on any atom is 0.192 e.